The lowest BCUT2D eigenvalue weighted by Gasteiger charge is -2.29. The van der Waals surface area contributed by atoms with Crippen molar-refractivity contribution >= 4 is 0 Å². The van der Waals surface area contributed by atoms with Gasteiger partial charge in [-0.15, -0.1) is 0 Å². The van der Waals surface area contributed by atoms with E-state index in [0.29, 0.717) is 5.56 Å². The molecule has 2 rings (SSSR count). The fraction of sp³-hybridized carbons (Fsp3) is 0.353. The van der Waals surface area contributed by atoms with Crippen molar-refractivity contribution in [2.45, 2.75) is 33.0 Å². The van der Waals surface area contributed by atoms with Gasteiger partial charge in [0.05, 0.1) is 5.54 Å². The Bertz CT molecular complexity index is 523. The lowest BCUT2D eigenvalue weighted by atomic mass is 9.84. The Hall–Kier alpha value is -1.99. The molecule has 134 valence electrons. The average molecular weight is 345 g/mol. The van der Waals surface area contributed by atoms with Crippen molar-refractivity contribution in [3.8, 4) is 0 Å². The second-order valence-electron chi connectivity index (χ2n) is 4.66. The normalized spacial score (nSPS) is 12.4. The molecular formula is C17H23F4N3. The van der Waals surface area contributed by atoms with Gasteiger partial charge in [-0.1, -0.05) is 49.7 Å². The van der Waals surface area contributed by atoms with Crippen molar-refractivity contribution in [1.82, 2.24) is 4.98 Å². The molecule has 0 aliphatic heterocycles. The number of alkyl halides is 3. The summed E-state index contributed by atoms with van der Waals surface area (Å²) in [6.07, 6.45) is 1.43. The maximum Gasteiger partial charge on any atom is 0.379 e. The number of benzene rings is 1. The average Bonchev–Trinajstić information content (AvgIpc) is 2.57. The minimum Gasteiger partial charge on any atom is -0.328 e. The number of hydrogen-bond donors (Lipinski definition) is 2. The number of nitrogens with two attached hydrogens (primary N) is 2. The summed E-state index contributed by atoms with van der Waals surface area (Å²) in [7, 11) is 0. The van der Waals surface area contributed by atoms with E-state index in [1.165, 1.54) is 12.3 Å². The largest absolute Gasteiger partial charge is 0.379 e. The summed E-state index contributed by atoms with van der Waals surface area (Å²) in [6.45, 7) is 2.56. The van der Waals surface area contributed by atoms with Crippen LogP contribution in [0, 0.1) is 12.9 Å². The third-order valence-corrected chi connectivity index (χ3v) is 3.13. The highest BCUT2D eigenvalue weighted by Crippen LogP contribution is 2.25. The number of halogens is 4. The molecule has 0 amide bonds. The highest BCUT2D eigenvalue weighted by atomic mass is 19.4. The molecule has 3 nitrogen and oxygen atoms in total. The maximum atomic E-state index is 12.9. The Kier molecular flexibility index (Phi) is 9.83. The first-order valence-corrected chi connectivity index (χ1v) is 7.40. The summed E-state index contributed by atoms with van der Waals surface area (Å²) in [4.78, 5) is 3.63. The molecule has 1 heterocycles. The van der Waals surface area contributed by atoms with Gasteiger partial charge in [-0.2, -0.15) is 17.6 Å². The van der Waals surface area contributed by atoms with Gasteiger partial charge < -0.3 is 11.5 Å². The van der Waals surface area contributed by atoms with Gasteiger partial charge in [-0.3, -0.25) is 0 Å². The van der Waals surface area contributed by atoms with Crippen LogP contribution >= 0.6 is 0 Å². The first-order chi connectivity index (χ1) is 11.3. The number of aryl methyl sites for hydroxylation is 1. The molecule has 4 N–H and O–H groups in total. The predicted molar refractivity (Wildman–Crippen MR) is 87.9 cm³/mol. The molecule has 0 saturated carbocycles. The van der Waals surface area contributed by atoms with Gasteiger partial charge in [0, 0.05) is 12.7 Å². The predicted octanol–water partition coefficient (Wildman–Crippen LogP) is 3.89. The van der Waals surface area contributed by atoms with E-state index in [-0.39, 0.29) is 6.54 Å². The van der Waals surface area contributed by atoms with Crippen molar-refractivity contribution in [3.05, 3.63) is 65.2 Å². The van der Waals surface area contributed by atoms with E-state index < -0.39 is 18.2 Å². The molecule has 0 radical (unpaired) electrons. The van der Waals surface area contributed by atoms with E-state index in [4.69, 9.17) is 11.5 Å². The van der Waals surface area contributed by atoms with Crippen molar-refractivity contribution < 1.29 is 17.6 Å². The van der Waals surface area contributed by atoms with Crippen molar-refractivity contribution in [3.63, 3.8) is 0 Å². The summed E-state index contributed by atoms with van der Waals surface area (Å²) < 4.78 is 41.9. The Morgan fingerprint density at radius 2 is 1.46 bits per heavy atom. The molecule has 1 aromatic heterocycles. The van der Waals surface area contributed by atoms with Crippen LogP contribution in [0.3, 0.4) is 0 Å². The fourth-order valence-electron chi connectivity index (χ4n) is 1.89. The molecule has 24 heavy (non-hydrogen) atoms. The SMILES string of the molecule is CC.Cc1ccc(C(N)(CN)c2ccc(F)nc2)cc1.FC(F)F. The topological polar surface area (TPSA) is 64.9 Å². The minimum absolute atomic E-state index is 0.226. The van der Waals surface area contributed by atoms with Gasteiger partial charge in [0.25, 0.3) is 0 Å². The van der Waals surface area contributed by atoms with Crippen LogP contribution in [0.5, 0.6) is 0 Å². The van der Waals surface area contributed by atoms with Gasteiger partial charge >= 0.3 is 6.68 Å². The first-order valence-electron chi connectivity index (χ1n) is 7.40. The van der Waals surface area contributed by atoms with Gasteiger partial charge in [0.2, 0.25) is 5.95 Å². The second-order valence-corrected chi connectivity index (χ2v) is 4.66. The third-order valence-electron chi connectivity index (χ3n) is 3.13. The molecular weight excluding hydrogens is 322 g/mol. The number of rotatable bonds is 3. The maximum absolute atomic E-state index is 12.9. The van der Waals surface area contributed by atoms with Crippen LogP contribution in [0.2, 0.25) is 0 Å². The Morgan fingerprint density at radius 1 is 1.00 bits per heavy atom. The quantitative estimate of drug-likeness (QED) is 0.655. The van der Waals surface area contributed by atoms with Crippen LogP contribution in [0.4, 0.5) is 17.6 Å². The smallest absolute Gasteiger partial charge is 0.328 e. The fourth-order valence-corrected chi connectivity index (χ4v) is 1.89. The molecule has 0 aliphatic carbocycles. The summed E-state index contributed by atoms with van der Waals surface area (Å²) in [5.74, 6) is -0.526. The summed E-state index contributed by atoms with van der Waals surface area (Å²) in [5, 5.41) is 0. The Morgan fingerprint density at radius 3 is 1.83 bits per heavy atom. The molecule has 0 saturated heterocycles. The zero-order valence-corrected chi connectivity index (χ0v) is 13.9. The van der Waals surface area contributed by atoms with Gasteiger partial charge in [0.15, 0.2) is 0 Å². The highest BCUT2D eigenvalue weighted by molar-refractivity contribution is 5.38. The van der Waals surface area contributed by atoms with E-state index in [1.807, 2.05) is 45.0 Å². The molecule has 0 bridgehead atoms. The van der Waals surface area contributed by atoms with Crippen molar-refractivity contribution in [2.24, 2.45) is 11.5 Å². The minimum atomic E-state index is -3.67. The second kappa shape index (κ2) is 10.7. The van der Waals surface area contributed by atoms with Crippen LogP contribution in [0.15, 0.2) is 42.6 Å². The summed E-state index contributed by atoms with van der Waals surface area (Å²) >= 11 is 0. The van der Waals surface area contributed by atoms with E-state index in [9.17, 15) is 17.6 Å². The first kappa shape index (κ1) is 22.0. The summed E-state index contributed by atoms with van der Waals surface area (Å²) in [5.41, 5.74) is 14.1. The zero-order chi connectivity index (χ0) is 18.8. The van der Waals surface area contributed by atoms with Crippen LogP contribution < -0.4 is 11.5 Å². The van der Waals surface area contributed by atoms with Crippen LogP contribution in [0.25, 0.3) is 0 Å². The molecule has 7 heteroatoms. The van der Waals surface area contributed by atoms with E-state index in [1.54, 1.807) is 6.07 Å². The van der Waals surface area contributed by atoms with Crippen LogP contribution in [0.1, 0.15) is 30.5 Å². The highest BCUT2D eigenvalue weighted by Gasteiger charge is 2.28. The number of nitrogens with zero attached hydrogens (tertiary/aromatic N) is 1. The monoisotopic (exact) mass is 345 g/mol. The molecule has 1 atom stereocenters. The van der Waals surface area contributed by atoms with Crippen LogP contribution in [-0.2, 0) is 5.54 Å². The van der Waals surface area contributed by atoms with Gasteiger partial charge in [-0.25, -0.2) is 4.98 Å². The van der Waals surface area contributed by atoms with Crippen molar-refractivity contribution in [1.29, 1.82) is 0 Å². The molecule has 0 spiro atoms. The van der Waals surface area contributed by atoms with Crippen LogP contribution in [-0.4, -0.2) is 18.2 Å². The lowest BCUT2D eigenvalue weighted by Crippen LogP contribution is -2.45. The third kappa shape index (κ3) is 6.64. The molecule has 1 unspecified atom stereocenters. The molecule has 2 aromatic rings. The van der Waals surface area contributed by atoms with Gasteiger partial charge in [-0.05, 0) is 24.1 Å². The Labute approximate surface area is 139 Å². The van der Waals surface area contributed by atoms with Gasteiger partial charge in [0.1, 0.15) is 0 Å². The molecule has 1 aromatic carbocycles. The standard InChI is InChI=1S/C14H16FN3.C2H6.CHF3/c1-10-2-4-11(5-3-10)14(17,9-16)12-6-7-13(15)18-8-12;1-2;2-1(3)4/h2-8H,9,16-17H2,1H3;1-2H3;1H. The Balaban J connectivity index is 0.000000773. The lowest BCUT2D eigenvalue weighted by molar-refractivity contribution is 0.00819. The number of aromatic nitrogens is 1. The molecule has 0 aliphatic rings. The summed E-state index contributed by atoms with van der Waals surface area (Å²) in [6, 6.07) is 10.7. The zero-order valence-electron chi connectivity index (χ0n) is 13.9. The molecule has 0 fully saturated rings. The van der Waals surface area contributed by atoms with E-state index in [2.05, 4.69) is 4.98 Å². The van der Waals surface area contributed by atoms with E-state index >= 15 is 0 Å². The number of hydrogen-bond acceptors (Lipinski definition) is 3. The van der Waals surface area contributed by atoms with Crippen molar-refractivity contribution in [2.75, 3.05) is 6.54 Å². The number of pyridine rings is 1. The van der Waals surface area contributed by atoms with E-state index in [0.717, 1.165) is 11.1 Å².